The van der Waals surface area contributed by atoms with Crippen LogP contribution in [0, 0.1) is 28.6 Å². The highest BCUT2D eigenvalue weighted by atomic mass is 17.2. The molecule has 8 atom stereocenters. The van der Waals surface area contributed by atoms with Gasteiger partial charge in [-0.05, 0) is 63.5 Å². The summed E-state index contributed by atoms with van der Waals surface area (Å²) in [6.07, 6.45) is 7.37. The normalized spacial score (nSPS) is 53.9. The van der Waals surface area contributed by atoms with E-state index in [0.717, 1.165) is 24.8 Å². The first-order valence-electron chi connectivity index (χ1n) is 10.4. The number of hydrogen-bond acceptors (Lipinski definition) is 6. The molecule has 5 aliphatic rings. The number of hydrogen-bond donors (Lipinski definition) is 2. The molecule has 0 aromatic rings. The first-order chi connectivity index (χ1) is 13.1. The zero-order valence-electron chi connectivity index (χ0n) is 17.0. The maximum atomic E-state index is 11.9. The van der Waals surface area contributed by atoms with Crippen molar-refractivity contribution in [1.29, 1.82) is 0 Å². The van der Waals surface area contributed by atoms with Crippen LogP contribution in [0.3, 0.4) is 0 Å². The molecule has 1 aliphatic heterocycles. The third kappa shape index (κ3) is 2.13. The number of rotatable bonds is 1. The molecule has 28 heavy (non-hydrogen) atoms. The second-order valence-electron chi connectivity index (χ2n) is 10.3. The molecule has 3 saturated carbocycles. The van der Waals surface area contributed by atoms with E-state index in [4.69, 9.17) is 14.4 Å². The van der Waals surface area contributed by atoms with Crippen molar-refractivity contribution in [3.8, 4) is 0 Å². The van der Waals surface area contributed by atoms with E-state index in [1.54, 1.807) is 12.2 Å². The van der Waals surface area contributed by atoms with Gasteiger partial charge in [0.05, 0.1) is 6.10 Å². The van der Waals surface area contributed by atoms with Crippen LogP contribution < -0.4 is 0 Å². The highest BCUT2D eigenvalue weighted by molar-refractivity contribution is 6.01. The summed E-state index contributed by atoms with van der Waals surface area (Å²) in [5.41, 5.74) is 0.250. The van der Waals surface area contributed by atoms with E-state index in [1.807, 2.05) is 19.9 Å². The average molecular weight is 390 g/mol. The molecular formula is C22H30O6. The molecule has 6 heteroatoms. The second kappa shape index (κ2) is 5.55. The number of aliphatic hydroxyl groups excluding tert-OH is 1. The summed E-state index contributed by atoms with van der Waals surface area (Å²) in [6.45, 7) is 7.87. The van der Waals surface area contributed by atoms with Gasteiger partial charge in [0.25, 0.3) is 0 Å². The molecule has 4 fully saturated rings. The predicted molar refractivity (Wildman–Crippen MR) is 99.9 cm³/mol. The highest BCUT2D eigenvalue weighted by Gasteiger charge is 2.76. The Morgan fingerprint density at radius 1 is 1.25 bits per heavy atom. The lowest BCUT2D eigenvalue weighted by Gasteiger charge is -2.59. The van der Waals surface area contributed by atoms with Gasteiger partial charge in [-0.2, -0.15) is 0 Å². The Kier molecular flexibility index (Phi) is 3.76. The number of carbonyl (C=O) groups excluding carboxylic acids is 1. The highest BCUT2D eigenvalue weighted by Crippen LogP contribution is 2.70. The lowest BCUT2D eigenvalue weighted by atomic mass is 9.47. The van der Waals surface area contributed by atoms with Gasteiger partial charge >= 0.3 is 0 Å². The first kappa shape index (κ1) is 18.9. The largest absolute Gasteiger partial charge is 0.393 e. The summed E-state index contributed by atoms with van der Waals surface area (Å²) in [5.74, 6) is -1.61. The molecule has 1 heterocycles. The van der Waals surface area contributed by atoms with Gasteiger partial charge in [-0.25, -0.2) is 10.1 Å². The van der Waals surface area contributed by atoms with Crippen LogP contribution in [0.4, 0.5) is 0 Å². The molecule has 0 aromatic carbocycles. The lowest BCUT2D eigenvalue weighted by Crippen LogP contribution is -2.61. The number of ketones is 1. The minimum atomic E-state index is -1.26. The van der Waals surface area contributed by atoms with Crippen LogP contribution in [0.15, 0.2) is 23.8 Å². The van der Waals surface area contributed by atoms with Crippen LogP contribution in [-0.2, 0) is 19.2 Å². The summed E-state index contributed by atoms with van der Waals surface area (Å²) < 4.78 is 12.3. The fourth-order valence-electron chi connectivity index (χ4n) is 7.48. The van der Waals surface area contributed by atoms with Gasteiger partial charge in [0.15, 0.2) is 11.6 Å². The minimum Gasteiger partial charge on any atom is -0.393 e. The Labute approximate surface area is 165 Å². The van der Waals surface area contributed by atoms with Crippen LogP contribution in [0.25, 0.3) is 0 Å². The van der Waals surface area contributed by atoms with Gasteiger partial charge in [-0.1, -0.05) is 25.5 Å². The van der Waals surface area contributed by atoms with E-state index in [1.165, 1.54) is 0 Å². The Balaban J connectivity index is 1.56. The zero-order chi connectivity index (χ0) is 20.1. The van der Waals surface area contributed by atoms with Crippen molar-refractivity contribution in [1.82, 2.24) is 0 Å². The van der Waals surface area contributed by atoms with Crippen molar-refractivity contribution in [3.05, 3.63) is 23.8 Å². The molecular weight excluding hydrogens is 360 g/mol. The third-order valence-electron chi connectivity index (χ3n) is 8.53. The van der Waals surface area contributed by atoms with Gasteiger partial charge in [0.1, 0.15) is 6.10 Å². The van der Waals surface area contributed by atoms with Crippen LogP contribution in [0.5, 0.6) is 0 Å². The van der Waals surface area contributed by atoms with Crippen molar-refractivity contribution in [2.24, 2.45) is 28.6 Å². The minimum absolute atomic E-state index is 0.0255. The summed E-state index contributed by atoms with van der Waals surface area (Å²) in [7, 11) is 0. The average Bonchev–Trinajstić information content (AvgIpc) is 3.01. The standard InChI is InChI=1S/C22H30O6/c1-19(2)26-17-10-15-14-6-5-12-9-13(23)7-8-20(12,3)18(14)16(24)11-21(15,4)22(17,27-19)28-25/h7-9,14-18,24-25H,5-6,10-11H2,1-4H3/t14-,15-,16-,17+,18+,20-,21-,22-/m0/s1. The van der Waals surface area contributed by atoms with E-state index in [0.29, 0.717) is 6.42 Å². The van der Waals surface area contributed by atoms with Crippen molar-refractivity contribution in [2.75, 3.05) is 0 Å². The summed E-state index contributed by atoms with van der Waals surface area (Å²) >= 11 is 0. The third-order valence-corrected chi connectivity index (χ3v) is 8.53. The molecule has 1 saturated heterocycles. The van der Waals surface area contributed by atoms with Crippen molar-refractivity contribution >= 4 is 5.78 Å². The van der Waals surface area contributed by atoms with E-state index < -0.39 is 23.1 Å². The van der Waals surface area contributed by atoms with Gasteiger partial charge < -0.3 is 14.6 Å². The molecule has 2 N–H and O–H groups in total. The molecule has 4 aliphatic carbocycles. The molecule has 0 radical (unpaired) electrons. The first-order valence-corrected chi connectivity index (χ1v) is 10.4. The summed E-state index contributed by atoms with van der Waals surface area (Å²) in [4.78, 5) is 17.0. The Bertz CT molecular complexity index is 786. The topological polar surface area (TPSA) is 85.2 Å². The number of carbonyl (C=O) groups is 1. The molecule has 0 spiro atoms. The Hall–Kier alpha value is -1.05. The monoisotopic (exact) mass is 390 g/mol. The van der Waals surface area contributed by atoms with Gasteiger partial charge in [-0.3, -0.25) is 4.79 Å². The number of ether oxygens (including phenoxy) is 2. The maximum Gasteiger partial charge on any atom is 0.236 e. The molecule has 0 aromatic heterocycles. The van der Waals surface area contributed by atoms with Crippen LogP contribution in [-0.4, -0.2) is 39.9 Å². The molecule has 0 bridgehead atoms. The number of fused-ring (bicyclic) bond motifs is 7. The molecule has 5 rings (SSSR count). The second-order valence-corrected chi connectivity index (χ2v) is 10.3. The molecule has 0 amide bonds. The maximum absolute atomic E-state index is 11.9. The van der Waals surface area contributed by atoms with Gasteiger partial charge in [0, 0.05) is 16.7 Å². The van der Waals surface area contributed by atoms with Crippen molar-refractivity contribution in [3.63, 3.8) is 0 Å². The number of allylic oxidation sites excluding steroid dienone is 4. The van der Waals surface area contributed by atoms with E-state index >= 15 is 0 Å². The SMILES string of the molecule is CC1(C)O[C@@H]2C[C@H]3[C@@H]4CCC5=CC(=O)C=C[C@]5(C)[C@H]4[C@@H](O)C[C@]3(C)[C@]2(OO)O1. The molecule has 0 unspecified atom stereocenters. The van der Waals surface area contributed by atoms with Gasteiger partial charge in [-0.15, -0.1) is 0 Å². The quantitative estimate of drug-likeness (QED) is 0.528. The smallest absolute Gasteiger partial charge is 0.236 e. The van der Waals surface area contributed by atoms with E-state index in [9.17, 15) is 15.2 Å². The lowest BCUT2D eigenvalue weighted by molar-refractivity contribution is -0.440. The van der Waals surface area contributed by atoms with Crippen LogP contribution in [0.2, 0.25) is 0 Å². The fourth-order valence-corrected chi connectivity index (χ4v) is 7.48. The fraction of sp³-hybridized carbons (Fsp3) is 0.773. The van der Waals surface area contributed by atoms with Gasteiger partial charge in [0.2, 0.25) is 5.79 Å². The predicted octanol–water partition coefficient (Wildman–Crippen LogP) is 3.21. The van der Waals surface area contributed by atoms with Crippen molar-refractivity contribution in [2.45, 2.75) is 77.2 Å². The summed E-state index contributed by atoms with van der Waals surface area (Å²) in [5, 5.41) is 21.3. The van der Waals surface area contributed by atoms with Crippen LogP contribution in [0.1, 0.15) is 53.4 Å². The zero-order valence-corrected chi connectivity index (χ0v) is 17.0. The molecule has 154 valence electrons. The van der Waals surface area contributed by atoms with Crippen molar-refractivity contribution < 1.29 is 29.5 Å². The van der Waals surface area contributed by atoms with Crippen LogP contribution >= 0.6 is 0 Å². The van der Waals surface area contributed by atoms with E-state index in [-0.39, 0.29) is 35.1 Å². The Morgan fingerprint density at radius 2 is 2.00 bits per heavy atom. The summed E-state index contributed by atoms with van der Waals surface area (Å²) in [6, 6.07) is 0. The Morgan fingerprint density at radius 3 is 2.71 bits per heavy atom. The van der Waals surface area contributed by atoms with E-state index in [2.05, 4.69) is 13.8 Å². The number of aliphatic hydroxyl groups is 1. The molecule has 6 nitrogen and oxygen atoms in total.